The lowest BCUT2D eigenvalue weighted by atomic mass is 9.85. The molecule has 3 nitrogen and oxygen atoms in total. The van der Waals surface area contributed by atoms with E-state index in [0.717, 1.165) is 16.7 Å². The zero-order chi connectivity index (χ0) is 18.8. The molecule has 0 unspecified atom stereocenters. The molecule has 134 valence electrons. The Hall–Kier alpha value is -2.63. The highest BCUT2D eigenvalue weighted by atomic mass is 19.3. The van der Waals surface area contributed by atoms with E-state index >= 15 is 8.78 Å². The molecule has 0 fully saturated rings. The quantitative estimate of drug-likeness (QED) is 0.728. The molecule has 1 heterocycles. The molecular weight excluding hydrogens is 334 g/mol. The summed E-state index contributed by atoms with van der Waals surface area (Å²) in [5.41, 5.74) is 5.25. The van der Waals surface area contributed by atoms with Crippen molar-refractivity contribution in [1.29, 1.82) is 0 Å². The lowest BCUT2D eigenvalue weighted by Gasteiger charge is -2.34. The maximum absolute atomic E-state index is 15.1. The van der Waals surface area contributed by atoms with Crippen LogP contribution in [0, 0.1) is 6.92 Å². The maximum Gasteiger partial charge on any atom is 0.323 e. The summed E-state index contributed by atoms with van der Waals surface area (Å²) in [5, 5.41) is 10.7. The van der Waals surface area contributed by atoms with Crippen molar-refractivity contribution in [3.8, 4) is 11.1 Å². The van der Waals surface area contributed by atoms with Crippen molar-refractivity contribution in [2.75, 3.05) is 6.54 Å². The van der Waals surface area contributed by atoms with E-state index in [1.165, 1.54) is 24.4 Å². The van der Waals surface area contributed by atoms with Gasteiger partial charge in [-0.3, -0.25) is 4.98 Å². The summed E-state index contributed by atoms with van der Waals surface area (Å²) in [6.07, 6.45) is 1.38. The monoisotopic (exact) mass is 354 g/mol. The Labute approximate surface area is 151 Å². The predicted molar refractivity (Wildman–Crippen MR) is 97.7 cm³/mol. The number of hydrogen-bond acceptors (Lipinski definition) is 3. The van der Waals surface area contributed by atoms with Gasteiger partial charge in [-0.1, -0.05) is 66.2 Å². The molecule has 5 heteroatoms. The summed E-state index contributed by atoms with van der Waals surface area (Å²) < 4.78 is 30.2. The van der Waals surface area contributed by atoms with Crippen LogP contribution in [0.5, 0.6) is 0 Å². The van der Waals surface area contributed by atoms with E-state index in [1.54, 1.807) is 24.3 Å². The lowest BCUT2D eigenvalue weighted by Crippen LogP contribution is -2.49. The highest BCUT2D eigenvalue weighted by Gasteiger charge is 2.55. The van der Waals surface area contributed by atoms with E-state index in [1.807, 2.05) is 31.2 Å². The molecule has 1 aromatic heterocycles. The Morgan fingerprint density at radius 2 is 1.54 bits per heavy atom. The smallest absolute Gasteiger partial charge is 0.323 e. The van der Waals surface area contributed by atoms with Crippen molar-refractivity contribution < 1.29 is 13.9 Å². The van der Waals surface area contributed by atoms with Crippen LogP contribution < -0.4 is 5.73 Å². The molecule has 3 aromatic rings. The van der Waals surface area contributed by atoms with Crippen LogP contribution >= 0.6 is 0 Å². The summed E-state index contributed by atoms with van der Waals surface area (Å²) in [6, 6.07) is 18.2. The number of benzene rings is 2. The molecule has 0 saturated carbocycles. The second kappa shape index (κ2) is 6.94. The van der Waals surface area contributed by atoms with E-state index in [-0.39, 0.29) is 5.56 Å². The SMILES string of the molecule is Cc1ccc(-c2ccc(C(F)(F)[C@](O)(CN)c3ccccc3)nc2)cc1. The number of rotatable bonds is 5. The number of pyridine rings is 1. The average molecular weight is 354 g/mol. The van der Waals surface area contributed by atoms with Crippen LogP contribution in [0.3, 0.4) is 0 Å². The van der Waals surface area contributed by atoms with Crippen molar-refractivity contribution in [1.82, 2.24) is 4.98 Å². The van der Waals surface area contributed by atoms with Crippen molar-refractivity contribution in [2.45, 2.75) is 18.4 Å². The number of aryl methyl sites for hydroxylation is 1. The minimum absolute atomic E-state index is 0.0527. The third-order valence-electron chi connectivity index (χ3n) is 4.54. The van der Waals surface area contributed by atoms with Crippen molar-refractivity contribution >= 4 is 0 Å². The molecule has 0 saturated heterocycles. The Bertz CT molecular complexity index is 865. The minimum atomic E-state index is -3.64. The molecule has 1 atom stereocenters. The second-order valence-electron chi connectivity index (χ2n) is 6.30. The van der Waals surface area contributed by atoms with E-state index in [4.69, 9.17) is 5.73 Å². The van der Waals surface area contributed by atoms with Gasteiger partial charge in [0, 0.05) is 18.3 Å². The van der Waals surface area contributed by atoms with Crippen LogP contribution in [0.25, 0.3) is 11.1 Å². The van der Waals surface area contributed by atoms with E-state index in [9.17, 15) is 5.11 Å². The fraction of sp³-hybridized carbons (Fsp3) is 0.190. The Morgan fingerprint density at radius 1 is 0.923 bits per heavy atom. The number of nitrogens with two attached hydrogens (primary N) is 1. The van der Waals surface area contributed by atoms with E-state index in [2.05, 4.69) is 4.98 Å². The average Bonchev–Trinajstić information content (AvgIpc) is 2.68. The van der Waals surface area contributed by atoms with Crippen molar-refractivity contribution in [3.63, 3.8) is 0 Å². The normalized spacial score (nSPS) is 14.0. The first-order valence-electron chi connectivity index (χ1n) is 8.28. The summed E-state index contributed by atoms with van der Waals surface area (Å²) in [7, 11) is 0. The van der Waals surface area contributed by atoms with Gasteiger partial charge < -0.3 is 10.8 Å². The first-order chi connectivity index (χ1) is 12.4. The number of hydrogen-bond donors (Lipinski definition) is 2. The first-order valence-corrected chi connectivity index (χ1v) is 8.28. The highest BCUT2D eigenvalue weighted by molar-refractivity contribution is 5.62. The van der Waals surface area contributed by atoms with Gasteiger partial charge in [-0.2, -0.15) is 8.78 Å². The molecule has 0 spiro atoms. The van der Waals surface area contributed by atoms with Crippen LogP contribution in [-0.4, -0.2) is 16.6 Å². The molecule has 0 radical (unpaired) electrons. The number of halogens is 2. The summed E-state index contributed by atoms with van der Waals surface area (Å²) in [5.74, 6) is -3.64. The fourth-order valence-corrected chi connectivity index (χ4v) is 2.85. The van der Waals surface area contributed by atoms with Gasteiger partial charge >= 0.3 is 5.92 Å². The molecule has 0 bridgehead atoms. The van der Waals surface area contributed by atoms with Gasteiger partial charge in [-0.05, 0) is 24.1 Å². The summed E-state index contributed by atoms with van der Waals surface area (Å²) in [4.78, 5) is 3.92. The van der Waals surface area contributed by atoms with Gasteiger partial charge in [0.25, 0.3) is 0 Å². The van der Waals surface area contributed by atoms with Gasteiger partial charge in [0.05, 0.1) is 0 Å². The molecule has 26 heavy (non-hydrogen) atoms. The largest absolute Gasteiger partial charge is 0.377 e. The van der Waals surface area contributed by atoms with Crippen LogP contribution in [0.15, 0.2) is 72.9 Å². The Morgan fingerprint density at radius 3 is 2.08 bits per heavy atom. The zero-order valence-corrected chi connectivity index (χ0v) is 14.4. The number of aromatic nitrogens is 1. The predicted octanol–water partition coefficient (Wildman–Crippen LogP) is 4.00. The van der Waals surface area contributed by atoms with Crippen molar-refractivity contribution in [2.24, 2.45) is 5.73 Å². The highest BCUT2D eigenvalue weighted by Crippen LogP contribution is 2.44. The zero-order valence-electron chi connectivity index (χ0n) is 14.4. The van der Waals surface area contributed by atoms with Gasteiger partial charge in [0.15, 0.2) is 5.60 Å². The van der Waals surface area contributed by atoms with Crippen LogP contribution in [0.2, 0.25) is 0 Å². The lowest BCUT2D eigenvalue weighted by molar-refractivity contribution is -0.192. The van der Waals surface area contributed by atoms with Gasteiger partial charge in [-0.25, -0.2) is 0 Å². The third-order valence-corrected chi connectivity index (χ3v) is 4.54. The maximum atomic E-state index is 15.1. The third kappa shape index (κ3) is 3.11. The van der Waals surface area contributed by atoms with E-state index < -0.39 is 23.8 Å². The molecule has 3 rings (SSSR count). The number of alkyl halides is 2. The number of aliphatic hydroxyl groups is 1. The van der Waals surface area contributed by atoms with E-state index in [0.29, 0.717) is 0 Å². The van der Waals surface area contributed by atoms with Crippen LogP contribution in [0.4, 0.5) is 8.78 Å². The standard InChI is InChI=1S/C21H20F2N2O/c1-15-7-9-16(10-8-15)17-11-12-19(25-13-17)21(22,23)20(26,14-24)18-5-3-2-4-6-18/h2-13,26H,14,24H2,1H3/t20-/m0/s1. The minimum Gasteiger partial charge on any atom is -0.377 e. The molecule has 0 amide bonds. The second-order valence-corrected chi connectivity index (χ2v) is 6.30. The topological polar surface area (TPSA) is 59.1 Å². The molecule has 0 aliphatic carbocycles. The Kier molecular flexibility index (Phi) is 4.85. The Balaban J connectivity index is 1.97. The molecule has 2 aromatic carbocycles. The van der Waals surface area contributed by atoms with Gasteiger partial charge in [0.1, 0.15) is 5.69 Å². The van der Waals surface area contributed by atoms with Crippen molar-refractivity contribution in [3.05, 3.63) is 89.7 Å². The fourth-order valence-electron chi connectivity index (χ4n) is 2.85. The van der Waals surface area contributed by atoms with Crippen LogP contribution in [0.1, 0.15) is 16.8 Å². The molecule has 3 N–H and O–H groups in total. The van der Waals surface area contributed by atoms with Gasteiger partial charge in [0.2, 0.25) is 0 Å². The molecule has 0 aliphatic rings. The molecular formula is C21H20F2N2O. The van der Waals surface area contributed by atoms with Crippen LogP contribution in [-0.2, 0) is 11.5 Å². The first kappa shape index (κ1) is 18.2. The molecule has 0 aliphatic heterocycles. The van der Waals surface area contributed by atoms with Gasteiger partial charge in [-0.15, -0.1) is 0 Å². The summed E-state index contributed by atoms with van der Waals surface area (Å²) >= 11 is 0. The summed E-state index contributed by atoms with van der Waals surface area (Å²) in [6.45, 7) is 1.34. The number of nitrogens with zero attached hydrogens (tertiary/aromatic N) is 1.